The van der Waals surface area contributed by atoms with Gasteiger partial charge in [-0.15, -0.1) is 0 Å². The van der Waals surface area contributed by atoms with Gasteiger partial charge in [-0.25, -0.2) is 13.8 Å². The molecule has 2 N–H and O–H groups in total. The quantitative estimate of drug-likeness (QED) is 0.901. The van der Waals surface area contributed by atoms with Gasteiger partial charge in [-0.3, -0.25) is 0 Å². The molecule has 1 aliphatic carbocycles. The summed E-state index contributed by atoms with van der Waals surface area (Å²) in [6.07, 6.45) is 1.58. The lowest BCUT2D eigenvalue weighted by molar-refractivity contribution is 0.0695. The summed E-state index contributed by atoms with van der Waals surface area (Å²) in [4.78, 5) is 11.2. The average molecular weight is 304 g/mol. The van der Waals surface area contributed by atoms with Crippen LogP contribution in [0.1, 0.15) is 23.2 Å². The maximum atomic E-state index is 12.1. The van der Waals surface area contributed by atoms with Crippen molar-refractivity contribution in [2.75, 3.05) is 0 Å². The first-order chi connectivity index (χ1) is 7.43. The molecule has 1 unspecified atom stereocenters. The number of rotatable bonds is 3. The number of hydrogen-bond acceptors (Lipinski definition) is 3. The molecule has 86 valence electrons. The molecule has 4 nitrogen and oxygen atoms in total. The van der Waals surface area contributed by atoms with Crippen molar-refractivity contribution in [1.29, 1.82) is 4.78 Å². The third-order valence-corrected chi connectivity index (χ3v) is 5.57. The summed E-state index contributed by atoms with van der Waals surface area (Å²) >= 11 is 3.12. The van der Waals surface area contributed by atoms with Crippen LogP contribution in [0.4, 0.5) is 0 Å². The fourth-order valence-corrected chi connectivity index (χ4v) is 3.61. The molecular weight excluding hydrogens is 294 g/mol. The van der Waals surface area contributed by atoms with Gasteiger partial charge in [0.1, 0.15) is 0 Å². The maximum absolute atomic E-state index is 12.1. The fourth-order valence-electron chi connectivity index (χ4n) is 1.45. The number of nitrogens with one attached hydrogen (secondary N) is 1. The van der Waals surface area contributed by atoms with Gasteiger partial charge >= 0.3 is 5.97 Å². The zero-order valence-electron chi connectivity index (χ0n) is 8.27. The van der Waals surface area contributed by atoms with Crippen molar-refractivity contribution in [3.63, 3.8) is 0 Å². The highest BCUT2D eigenvalue weighted by Gasteiger charge is 2.34. The van der Waals surface area contributed by atoms with Gasteiger partial charge in [0.2, 0.25) is 0 Å². The fraction of sp³-hybridized carbons (Fsp3) is 0.300. The molecule has 1 saturated carbocycles. The maximum Gasteiger partial charge on any atom is 0.336 e. The Morgan fingerprint density at radius 2 is 2.12 bits per heavy atom. The Hall–Kier alpha value is -0.880. The molecule has 0 heterocycles. The topological polar surface area (TPSA) is 78.2 Å². The van der Waals surface area contributed by atoms with Crippen molar-refractivity contribution in [2.24, 2.45) is 0 Å². The van der Waals surface area contributed by atoms with E-state index in [4.69, 9.17) is 9.89 Å². The molecule has 0 saturated heterocycles. The van der Waals surface area contributed by atoms with Crippen molar-refractivity contribution in [3.8, 4) is 0 Å². The van der Waals surface area contributed by atoms with Crippen molar-refractivity contribution in [2.45, 2.75) is 23.0 Å². The molecule has 0 radical (unpaired) electrons. The highest BCUT2D eigenvalue weighted by Crippen LogP contribution is 2.35. The van der Waals surface area contributed by atoms with Crippen LogP contribution in [-0.4, -0.2) is 20.5 Å². The minimum Gasteiger partial charge on any atom is -0.478 e. The third-order valence-electron chi connectivity index (χ3n) is 2.51. The van der Waals surface area contributed by atoms with E-state index in [1.807, 2.05) is 0 Å². The summed E-state index contributed by atoms with van der Waals surface area (Å²) in [7, 11) is -2.82. The lowest BCUT2D eigenvalue weighted by Crippen LogP contribution is -2.07. The molecule has 0 aliphatic heterocycles. The SMILES string of the molecule is N=S(=O)(c1ccc(Br)c(C(=O)O)c1)C1CC1. The minimum absolute atomic E-state index is 0.0538. The van der Waals surface area contributed by atoms with E-state index < -0.39 is 15.7 Å². The normalized spacial score (nSPS) is 19.1. The minimum atomic E-state index is -2.82. The summed E-state index contributed by atoms with van der Waals surface area (Å²) in [5.41, 5.74) is 0.0538. The lowest BCUT2D eigenvalue weighted by atomic mass is 10.2. The zero-order valence-corrected chi connectivity index (χ0v) is 10.7. The Bertz CT molecular complexity index is 549. The second-order valence-corrected chi connectivity index (χ2v) is 6.94. The summed E-state index contributed by atoms with van der Waals surface area (Å²) in [6, 6.07) is 4.43. The Kier molecular flexibility index (Phi) is 2.79. The molecule has 2 rings (SSSR count). The van der Waals surface area contributed by atoms with E-state index in [1.54, 1.807) is 6.07 Å². The molecule has 0 aromatic heterocycles. The third kappa shape index (κ3) is 1.99. The molecule has 6 heteroatoms. The summed E-state index contributed by atoms with van der Waals surface area (Å²) in [5, 5.41) is 8.82. The summed E-state index contributed by atoms with van der Waals surface area (Å²) in [5.74, 6) is -1.08. The first kappa shape index (κ1) is 11.6. The zero-order chi connectivity index (χ0) is 11.9. The van der Waals surface area contributed by atoms with Gasteiger partial charge < -0.3 is 5.11 Å². The largest absolute Gasteiger partial charge is 0.478 e. The Labute approximate surface area is 102 Å². The predicted octanol–water partition coefficient (Wildman–Crippen LogP) is 2.72. The highest BCUT2D eigenvalue weighted by atomic mass is 79.9. The number of halogens is 1. The van der Waals surface area contributed by atoms with Crippen LogP contribution < -0.4 is 0 Å². The smallest absolute Gasteiger partial charge is 0.336 e. The lowest BCUT2D eigenvalue weighted by Gasteiger charge is -2.07. The highest BCUT2D eigenvalue weighted by molar-refractivity contribution is 9.10. The van der Waals surface area contributed by atoms with Crippen LogP contribution >= 0.6 is 15.9 Å². The van der Waals surface area contributed by atoms with Gasteiger partial charge in [0, 0.05) is 14.6 Å². The Balaban J connectivity index is 2.51. The average Bonchev–Trinajstić information content (AvgIpc) is 3.00. The van der Waals surface area contributed by atoms with E-state index in [9.17, 15) is 9.00 Å². The van der Waals surface area contributed by atoms with E-state index in [0.29, 0.717) is 9.37 Å². The van der Waals surface area contributed by atoms with Crippen LogP contribution in [0.15, 0.2) is 27.6 Å². The number of carboxylic acid groups (broad SMARTS) is 1. The molecular formula is C10H10BrNO3S. The van der Waals surface area contributed by atoms with Crippen LogP contribution in [0, 0.1) is 4.78 Å². The Morgan fingerprint density at radius 1 is 1.50 bits per heavy atom. The summed E-state index contributed by atoms with van der Waals surface area (Å²) in [6.45, 7) is 0. The van der Waals surface area contributed by atoms with Crippen LogP contribution in [0.3, 0.4) is 0 Å². The first-order valence-corrected chi connectivity index (χ1v) is 7.15. The van der Waals surface area contributed by atoms with Gasteiger partial charge in [-0.1, -0.05) is 0 Å². The molecule has 0 amide bonds. The van der Waals surface area contributed by atoms with Crippen LogP contribution in [0.25, 0.3) is 0 Å². The van der Waals surface area contributed by atoms with Crippen molar-refractivity contribution >= 4 is 31.6 Å². The van der Waals surface area contributed by atoms with Gasteiger partial charge in [0.05, 0.1) is 15.3 Å². The molecule has 0 bridgehead atoms. The number of aromatic carboxylic acids is 1. The van der Waals surface area contributed by atoms with E-state index in [-0.39, 0.29) is 10.8 Å². The van der Waals surface area contributed by atoms with Crippen LogP contribution in [0.5, 0.6) is 0 Å². The van der Waals surface area contributed by atoms with E-state index >= 15 is 0 Å². The molecule has 1 atom stereocenters. The number of carboxylic acids is 1. The molecule has 1 aliphatic rings. The van der Waals surface area contributed by atoms with Crippen molar-refractivity contribution in [3.05, 3.63) is 28.2 Å². The van der Waals surface area contributed by atoms with Crippen molar-refractivity contribution in [1.82, 2.24) is 0 Å². The summed E-state index contributed by atoms with van der Waals surface area (Å²) < 4.78 is 20.3. The molecule has 0 spiro atoms. The van der Waals surface area contributed by atoms with E-state index in [0.717, 1.165) is 12.8 Å². The predicted molar refractivity (Wildman–Crippen MR) is 63.3 cm³/mol. The monoisotopic (exact) mass is 303 g/mol. The number of carbonyl (C=O) groups is 1. The van der Waals surface area contributed by atoms with Crippen LogP contribution in [-0.2, 0) is 9.73 Å². The second kappa shape index (κ2) is 3.85. The van der Waals surface area contributed by atoms with Gasteiger partial charge in [-0.2, -0.15) is 0 Å². The second-order valence-electron chi connectivity index (χ2n) is 3.75. The standard InChI is InChI=1S/C10H10BrNO3S/c11-9-4-3-7(5-8(9)10(13)14)16(12,15)6-1-2-6/h3-6,12H,1-2H2,(H,13,14). The molecule has 1 fully saturated rings. The van der Waals surface area contributed by atoms with E-state index in [1.165, 1.54) is 12.1 Å². The van der Waals surface area contributed by atoms with Crippen LogP contribution in [0.2, 0.25) is 0 Å². The van der Waals surface area contributed by atoms with Gasteiger partial charge in [0.15, 0.2) is 0 Å². The van der Waals surface area contributed by atoms with Gasteiger partial charge in [-0.05, 0) is 47.0 Å². The van der Waals surface area contributed by atoms with E-state index in [2.05, 4.69) is 15.9 Å². The number of hydrogen-bond donors (Lipinski definition) is 2. The Morgan fingerprint density at radius 3 is 2.62 bits per heavy atom. The molecule has 1 aromatic carbocycles. The van der Waals surface area contributed by atoms with Gasteiger partial charge in [0.25, 0.3) is 0 Å². The molecule has 16 heavy (non-hydrogen) atoms. The molecule has 1 aromatic rings. The van der Waals surface area contributed by atoms with Crippen molar-refractivity contribution < 1.29 is 14.1 Å². The first-order valence-electron chi connectivity index (χ1n) is 4.73. The number of benzene rings is 1.